The average molecular weight is 327 g/mol. The molecule has 1 N–H and O–H groups in total. The molecule has 0 bridgehead atoms. The van der Waals surface area contributed by atoms with E-state index in [1.807, 2.05) is 31.4 Å². The summed E-state index contributed by atoms with van der Waals surface area (Å²) in [6, 6.07) is 0.731. The van der Waals surface area contributed by atoms with Gasteiger partial charge in [-0.2, -0.15) is 0 Å². The quantitative estimate of drug-likeness (QED) is 0.866. The van der Waals surface area contributed by atoms with E-state index in [2.05, 4.69) is 25.1 Å². The highest BCUT2D eigenvalue weighted by molar-refractivity contribution is 5.85. The molecule has 0 aromatic carbocycles. The fourth-order valence-corrected chi connectivity index (χ4v) is 3.22. The lowest BCUT2D eigenvalue weighted by Gasteiger charge is -2.32. The Morgan fingerprint density at radius 2 is 1.86 bits per heavy atom. The van der Waals surface area contributed by atoms with Gasteiger partial charge in [-0.1, -0.05) is 0 Å². The molecule has 2 saturated heterocycles. The third kappa shape index (κ3) is 4.29. The summed E-state index contributed by atoms with van der Waals surface area (Å²) in [6.45, 7) is 7.99. The van der Waals surface area contributed by atoms with Crippen LogP contribution >= 0.6 is 12.4 Å². The van der Waals surface area contributed by atoms with Crippen molar-refractivity contribution in [2.45, 2.75) is 19.0 Å². The van der Waals surface area contributed by atoms with Gasteiger partial charge in [0.05, 0.1) is 0 Å². The lowest BCUT2D eigenvalue weighted by molar-refractivity contribution is 0.170. The zero-order valence-electron chi connectivity index (χ0n) is 13.5. The molecule has 1 unspecified atom stereocenters. The lowest BCUT2D eigenvalue weighted by atomic mass is 10.2. The van der Waals surface area contributed by atoms with Gasteiger partial charge < -0.3 is 10.2 Å². The van der Waals surface area contributed by atoms with Gasteiger partial charge in [-0.15, -0.1) is 12.4 Å². The van der Waals surface area contributed by atoms with E-state index in [0.717, 1.165) is 31.6 Å². The maximum absolute atomic E-state index is 4.40. The van der Waals surface area contributed by atoms with E-state index >= 15 is 0 Å². The van der Waals surface area contributed by atoms with Crippen molar-refractivity contribution in [2.75, 3.05) is 58.3 Å². The van der Waals surface area contributed by atoms with Crippen LogP contribution in [0, 0.1) is 0 Å². The van der Waals surface area contributed by atoms with Crippen LogP contribution in [-0.2, 0) is 6.54 Å². The molecule has 0 amide bonds. The van der Waals surface area contributed by atoms with Gasteiger partial charge in [-0.05, 0) is 6.42 Å². The number of hydrogen-bond acceptors (Lipinski definition) is 6. The molecule has 1 aromatic rings. The summed E-state index contributed by atoms with van der Waals surface area (Å²) in [5, 5.41) is 3.43. The highest BCUT2D eigenvalue weighted by Gasteiger charge is 2.28. The summed E-state index contributed by atoms with van der Waals surface area (Å²) in [7, 11) is 3.93. The van der Waals surface area contributed by atoms with Crippen LogP contribution in [0.5, 0.6) is 0 Å². The molecule has 0 saturated carbocycles. The maximum Gasteiger partial charge on any atom is 0.224 e. The first-order valence-electron chi connectivity index (χ1n) is 7.88. The van der Waals surface area contributed by atoms with Gasteiger partial charge in [0.1, 0.15) is 0 Å². The summed E-state index contributed by atoms with van der Waals surface area (Å²) in [5.41, 5.74) is 1.21. The highest BCUT2D eigenvalue weighted by atomic mass is 35.5. The molecule has 2 fully saturated rings. The second kappa shape index (κ2) is 8.06. The lowest BCUT2D eigenvalue weighted by Crippen LogP contribution is -2.49. The molecule has 1 atom stereocenters. The van der Waals surface area contributed by atoms with Crippen molar-refractivity contribution < 1.29 is 0 Å². The smallest absolute Gasteiger partial charge is 0.224 e. The standard InChI is InChI=1S/C15H26N6.ClH/c1-19(2)15-17-9-13(10-18-15)11-20-6-3-14(12-20)21-7-4-16-5-8-21;/h9-10,14,16H,3-8,11-12H2,1-2H3;1H. The van der Waals surface area contributed by atoms with Crippen molar-refractivity contribution in [3.05, 3.63) is 18.0 Å². The Morgan fingerprint density at radius 1 is 1.18 bits per heavy atom. The zero-order chi connectivity index (χ0) is 14.7. The van der Waals surface area contributed by atoms with E-state index in [1.165, 1.54) is 38.2 Å². The summed E-state index contributed by atoms with van der Waals surface area (Å²) in [4.78, 5) is 15.9. The van der Waals surface area contributed by atoms with Gasteiger partial charge in [0.15, 0.2) is 0 Å². The first-order valence-corrected chi connectivity index (χ1v) is 7.88. The van der Waals surface area contributed by atoms with Gasteiger partial charge in [0.2, 0.25) is 5.95 Å². The normalized spacial score (nSPS) is 23.3. The minimum atomic E-state index is 0. The molecule has 2 aliphatic heterocycles. The predicted octanol–water partition coefficient (Wildman–Crippen LogP) is 0.444. The monoisotopic (exact) mass is 326 g/mol. The SMILES string of the molecule is CN(C)c1ncc(CN2CCC(N3CCNCC3)C2)cn1.Cl. The van der Waals surface area contributed by atoms with Crippen LogP contribution in [-0.4, -0.2) is 79.2 Å². The molecule has 3 rings (SSSR count). The highest BCUT2D eigenvalue weighted by Crippen LogP contribution is 2.18. The molecule has 0 spiro atoms. The van der Waals surface area contributed by atoms with E-state index < -0.39 is 0 Å². The van der Waals surface area contributed by atoms with Crippen LogP contribution in [0.3, 0.4) is 0 Å². The summed E-state index contributed by atoms with van der Waals surface area (Å²) in [5.74, 6) is 0.777. The Hall–Kier alpha value is -0.950. The fraction of sp³-hybridized carbons (Fsp3) is 0.733. The molecule has 22 heavy (non-hydrogen) atoms. The summed E-state index contributed by atoms with van der Waals surface area (Å²) in [6.07, 6.45) is 5.21. The average Bonchev–Trinajstić information content (AvgIpc) is 2.97. The van der Waals surface area contributed by atoms with Crippen molar-refractivity contribution in [3.63, 3.8) is 0 Å². The van der Waals surface area contributed by atoms with E-state index in [9.17, 15) is 0 Å². The molecule has 6 nitrogen and oxygen atoms in total. The molecule has 7 heteroatoms. The topological polar surface area (TPSA) is 47.5 Å². The Morgan fingerprint density at radius 3 is 2.50 bits per heavy atom. The maximum atomic E-state index is 4.40. The number of nitrogens with one attached hydrogen (secondary N) is 1. The van der Waals surface area contributed by atoms with Crippen LogP contribution in [0.25, 0.3) is 0 Å². The molecule has 1 aromatic heterocycles. The molecular weight excluding hydrogens is 300 g/mol. The van der Waals surface area contributed by atoms with Crippen molar-refractivity contribution in [1.82, 2.24) is 25.1 Å². The first kappa shape index (κ1) is 17.4. The van der Waals surface area contributed by atoms with Gasteiger partial charge in [-0.3, -0.25) is 9.80 Å². The third-order valence-corrected chi connectivity index (χ3v) is 4.41. The Bertz CT molecular complexity index is 446. The number of nitrogens with zero attached hydrogens (tertiary/aromatic N) is 5. The van der Waals surface area contributed by atoms with Crippen LogP contribution in [0.4, 0.5) is 5.95 Å². The van der Waals surface area contributed by atoms with Crippen molar-refractivity contribution in [3.8, 4) is 0 Å². The van der Waals surface area contributed by atoms with E-state index in [0.29, 0.717) is 0 Å². The predicted molar refractivity (Wildman–Crippen MR) is 91.7 cm³/mol. The second-order valence-electron chi connectivity index (χ2n) is 6.25. The van der Waals surface area contributed by atoms with E-state index in [1.54, 1.807) is 0 Å². The van der Waals surface area contributed by atoms with Gasteiger partial charge >= 0.3 is 0 Å². The number of aromatic nitrogens is 2. The summed E-state index contributed by atoms with van der Waals surface area (Å²) >= 11 is 0. The Kier molecular flexibility index (Phi) is 6.37. The van der Waals surface area contributed by atoms with Crippen LogP contribution < -0.4 is 10.2 Å². The Balaban J connectivity index is 0.00000176. The Labute approximate surface area is 139 Å². The van der Waals surface area contributed by atoms with Crippen LogP contribution in [0.2, 0.25) is 0 Å². The van der Waals surface area contributed by atoms with Gasteiger partial charge in [0, 0.05) is 83.9 Å². The van der Waals surface area contributed by atoms with Crippen LogP contribution in [0.1, 0.15) is 12.0 Å². The second-order valence-corrected chi connectivity index (χ2v) is 6.25. The summed E-state index contributed by atoms with van der Waals surface area (Å²) < 4.78 is 0. The zero-order valence-corrected chi connectivity index (χ0v) is 14.3. The number of halogens is 1. The molecule has 124 valence electrons. The first-order chi connectivity index (χ1) is 10.2. The number of piperazine rings is 1. The molecular formula is C15H27ClN6. The molecule has 2 aliphatic rings. The van der Waals surface area contributed by atoms with Gasteiger partial charge in [0.25, 0.3) is 0 Å². The largest absolute Gasteiger partial charge is 0.347 e. The van der Waals surface area contributed by atoms with Crippen LogP contribution in [0.15, 0.2) is 12.4 Å². The number of hydrogen-bond donors (Lipinski definition) is 1. The van der Waals surface area contributed by atoms with Gasteiger partial charge in [-0.25, -0.2) is 9.97 Å². The van der Waals surface area contributed by atoms with E-state index in [4.69, 9.17) is 0 Å². The number of likely N-dealkylation sites (tertiary alicyclic amines) is 1. The minimum absolute atomic E-state index is 0. The fourth-order valence-electron chi connectivity index (χ4n) is 3.22. The van der Waals surface area contributed by atoms with Crippen molar-refractivity contribution in [2.24, 2.45) is 0 Å². The molecule has 0 aliphatic carbocycles. The van der Waals surface area contributed by atoms with Crippen molar-refractivity contribution in [1.29, 1.82) is 0 Å². The minimum Gasteiger partial charge on any atom is -0.347 e. The van der Waals surface area contributed by atoms with Crippen molar-refractivity contribution >= 4 is 18.4 Å². The number of anilines is 1. The van der Waals surface area contributed by atoms with E-state index in [-0.39, 0.29) is 12.4 Å². The molecule has 0 radical (unpaired) electrons. The molecule has 3 heterocycles. The number of rotatable bonds is 4. The third-order valence-electron chi connectivity index (χ3n) is 4.41.